The number of aryl methyl sites for hydroxylation is 2. The van der Waals surface area contributed by atoms with Gasteiger partial charge < -0.3 is 9.13 Å². The van der Waals surface area contributed by atoms with Gasteiger partial charge in [-0.3, -0.25) is 0 Å². The van der Waals surface area contributed by atoms with Crippen LogP contribution in [0.4, 0.5) is 0 Å². The summed E-state index contributed by atoms with van der Waals surface area (Å²) in [5, 5.41) is 10.0. The van der Waals surface area contributed by atoms with E-state index in [0.717, 1.165) is 0 Å². The van der Waals surface area contributed by atoms with Crippen molar-refractivity contribution in [3.8, 4) is 44.8 Å². The van der Waals surface area contributed by atoms with Crippen LogP contribution in [0.2, 0.25) is 0 Å². The predicted octanol–water partition coefficient (Wildman–Crippen LogP) is 12.8. The molecular formula is C48H34N2. The number of nitrogens with zero attached hydrogens (tertiary/aromatic N) is 2. The van der Waals surface area contributed by atoms with Gasteiger partial charge >= 0.3 is 0 Å². The lowest BCUT2D eigenvalue weighted by atomic mass is 9.79. The van der Waals surface area contributed by atoms with Crippen LogP contribution in [0.5, 0.6) is 0 Å². The number of para-hydroxylation sites is 2. The summed E-state index contributed by atoms with van der Waals surface area (Å²) in [4.78, 5) is 0. The van der Waals surface area contributed by atoms with Crippen molar-refractivity contribution in [2.45, 2.75) is 0 Å². The van der Waals surface area contributed by atoms with Gasteiger partial charge in [-0.25, -0.2) is 0 Å². The monoisotopic (exact) mass is 638 g/mol. The third-order valence-corrected chi connectivity index (χ3v) is 10.7. The Morgan fingerprint density at radius 2 is 0.640 bits per heavy atom. The number of rotatable bonds is 4. The van der Waals surface area contributed by atoms with E-state index in [1.54, 1.807) is 0 Å². The molecule has 0 saturated heterocycles. The van der Waals surface area contributed by atoms with Crippen LogP contribution in [0.25, 0.3) is 98.9 Å². The van der Waals surface area contributed by atoms with Gasteiger partial charge in [0.2, 0.25) is 0 Å². The lowest BCUT2D eigenvalue weighted by Gasteiger charge is -2.25. The average molecular weight is 639 g/mol. The molecular weight excluding hydrogens is 605 g/mol. The summed E-state index contributed by atoms with van der Waals surface area (Å²) in [6, 6.07) is 62.4. The fraction of sp³-hybridized carbons (Fsp3) is 0.0417. The highest BCUT2D eigenvalue weighted by Crippen LogP contribution is 2.54. The fourth-order valence-electron chi connectivity index (χ4n) is 8.53. The standard InChI is InChI=1S/C48H34N2/c1-49-39-27-15-9-21-33(39)29-41(49)45-37-25-13-14-26-38(37)46(42-30-34-22-10-16-28-40(34)50(42)2)48-44(32-19-7-4-8-20-32)36-24-12-11-23-35(36)43(47(45)48)31-17-5-3-6-18-31/h3-30H,1-2H3. The summed E-state index contributed by atoms with van der Waals surface area (Å²) in [7, 11) is 4.44. The smallest absolute Gasteiger partial charge is 0.0501 e. The lowest BCUT2D eigenvalue weighted by molar-refractivity contribution is 0.979. The Labute approximate surface area is 291 Å². The van der Waals surface area contributed by atoms with Crippen LogP contribution in [0.15, 0.2) is 170 Å². The minimum absolute atomic E-state index is 1.21. The first-order valence-electron chi connectivity index (χ1n) is 17.3. The quantitative estimate of drug-likeness (QED) is 0.170. The molecule has 10 aromatic rings. The number of aromatic nitrogens is 2. The van der Waals surface area contributed by atoms with Crippen molar-refractivity contribution < 1.29 is 0 Å². The van der Waals surface area contributed by atoms with Gasteiger partial charge in [-0.2, -0.15) is 0 Å². The number of hydrogen-bond donors (Lipinski definition) is 0. The highest BCUT2D eigenvalue weighted by molar-refractivity contribution is 6.34. The molecule has 0 atom stereocenters. The molecule has 0 aliphatic heterocycles. The molecule has 2 aromatic heterocycles. The minimum atomic E-state index is 1.21. The second-order valence-electron chi connectivity index (χ2n) is 13.4. The second-order valence-corrected chi connectivity index (χ2v) is 13.4. The highest BCUT2D eigenvalue weighted by atomic mass is 15.0. The SMILES string of the molecule is Cn1c(-c2c3ccccc3c(-c3cc4ccccc4n3C)c3c(-c4ccccc4)c4ccccc4c(-c4ccccc4)c23)cc2ccccc21. The van der Waals surface area contributed by atoms with E-state index in [-0.39, 0.29) is 0 Å². The largest absolute Gasteiger partial charge is 0.344 e. The molecule has 2 nitrogen and oxygen atoms in total. The van der Waals surface area contributed by atoms with Crippen molar-refractivity contribution in [3.05, 3.63) is 170 Å². The van der Waals surface area contributed by atoms with E-state index in [1.165, 1.54) is 98.9 Å². The number of fused-ring (bicyclic) bond motifs is 5. The minimum Gasteiger partial charge on any atom is -0.344 e. The van der Waals surface area contributed by atoms with Crippen molar-refractivity contribution in [2.24, 2.45) is 14.1 Å². The number of benzene rings is 8. The number of hydrogen-bond acceptors (Lipinski definition) is 0. The molecule has 236 valence electrons. The Balaban J connectivity index is 1.57. The topological polar surface area (TPSA) is 9.86 Å². The first-order valence-corrected chi connectivity index (χ1v) is 17.3. The fourth-order valence-corrected chi connectivity index (χ4v) is 8.53. The molecule has 2 heterocycles. The van der Waals surface area contributed by atoms with Crippen LogP contribution in [0, 0.1) is 0 Å². The first-order chi connectivity index (χ1) is 24.7. The molecule has 0 aliphatic rings. The maximum atomic E-state index is 2.39. The third kappa shape index (κ3) is 4.09. The summed E-state index contributed by atoms with van der Waals surface area (Å²) in [6.45, 7) is 0. The van der Waals surface area contributed by atoms with Gasteiger partial charge in [-0.1, -0.05) is 146 Å². The molecule has 50 heavy (non-hydrogen) atoms. The molecule has 0 amide bonds. The van der Waals surface area contributed by atoms with Crippen LogP contribution in [-0.4, -0.2) is 9.13 Å². The Hall–Kier alpha value is -6.38. The molecule has 2 heteroatoms. The van der Waals surface area contributed by atoms with Crippen LogP contribution in [-0.2, 0) is 14.1 Å². The molecule has 8 aromatic carbocycles. The van der Waals surface area contributed by atoms with Crippen molar-refractivity contribution in [3.63, 3.8) is 0 Å². The molecule has 0 unspecified atom stereocenters. The highest BCUT2D eigenvalue weighted by Gasteiger charge is 2.28. The van der Waals surface area contributed by atoms with Gasteiger partial charge in [0.05, 0.1) is 11.4 Å². The van der Waals surface area contributed by atoms with Crippen LogP contribution < -0.4 is 0 Å². The normalized spacial score (nSPS) is 11.8. The predicted molar refractivity (Wildman–Crippen MR) is 214 cm³/mol. The van der Waals surface area contributed by atoms with Gasteiger partial charge in [0.15, 0.2) is 0 Å². The summed E-state index contributed by atoms with van der Waals surface area (Å²) in [5.41, 5.74) is 12.4. The third-order valence-electron chi connectivity index (χ3n) is 10.7. The van der Waals surface area contributed by atoms with Crippen molar-refractivity contribution in [1.82, 2.24) is 9.13 Å². The summed E-state index contributed by atoms with van der Waals surface area (Å²) >= 11 is 0. The zero-order valence-corrected chi connectivity index (χ0v) is 28.1. The van der Waals surface area contributed by atoms with Gasteiger partial charge in [0, 0.05) is 57.8 Å². The van der Waals surface area contributed by atoms with Gasteiger partial charge in [0.1, 0.15) is 0 Å². The van der Waals surface area contributed by atoms with Gasteiger partial charge in [0.25, 0.3) is 0 Å². The summed E-state index contributed by atoms with van der Waals surface area (Å²) < 4.78 is 4.78. The van der Waals surface area contributed by atoms with Crippen molar-refractivity contribution >= 4 is 54.1 Å². The van der Waals surface area contributed by atoms with E-state index in [9.17, 15) is 0 Å². The maximum Gasteiger partial charge on any atom is 0.0501 e. The van der Waals surface area contributed by atoms with Crippen LogP contribution in [0.3, 0.4) is 0 Å². The molecule has 0 bridgehead atoms. The van der Waals surface area contributed by atoms with E-state index >= 15 is 0 Å². The molecule has 0 N–H and O–H groups in total. The van der Waals surface area contributed by atoms with E-state index in [1.807, 2.05) is 0 Å². The summed E-state index contributed by atoms with van der Waals surface area (Å²) in [5.74, 6) is 0. The first kappa shape index (κ1) is 28.6. The van der Waals surface area contributed by atoms with Gasteiger partial charge in [-0.15, -0.1) is 0 Å². The molecule has 0 saturated carbocycles. The molecule has 0 spiro atoms. The van der Waals surface area contributed by atoms with Crippen molar-refractivity contribution in [2.75, 3.05) is 0 Å². The average Bonchev–Trinajstić information content (AvgIpc) is 3.69. The summed E-state index contributed by atoms with van der Waals surface area (Å²) in [6.07, 6.45) is 0. The zero-order valence-electron chi connectivity index (χ0n) is 28.1. The van der Waals surface area contributed by atoms with Gasteiger partial charge in [-0.05, 0) is 68.1 Å². The van der Waals surface area contributed by atoms with Crippen LogP contribution in [0.1, 0.15) is 0 Å². The van der Waals surface area contributed by atoms with E-state index < -0.39 is 0 Å². The van der Waals surface area contributed by atoms with Crippen molar-refractivity contribution in [1.29, 1.82) is 0 Å². The Bertz CT molecular complexity index is 2720. The van der Waals surface area contributed by atoms with E-state index in [4.69, 9.17) is 0 Å². The Kier molecular flexibility index (Phi) is 6.34. The van der Waals surface area contributed by atoms with E-state index in [0.29, 0.717) is 0 Å². The maximum absolute atomic E-state index is 2.39. The molecule has 10 rings (SSSR count). The van der Waals surface area contributed by atoms with Crippen LogP contribution >= 0.6 is 0 Å². The zero-order chi connectivity index (χ0) is 33.3. The Morgan fingerprint density at radius 3 is 1.02 bits per heavy atom. The second kappa shape index (κ2) is 11.1. The van der Waals surface area contributed by atoms with E-state index in [2.05, 4.69) is 193 Å². The Morgan fingerprint density at radius 1 is 0.320 bits per heavy atom. The molecule has 0 aliphatic carbocycles. The molecule has 0 radical (unpaired) electrons. The molecule has 0 fully saturated rings. The lowest BCUT2D eigenvalue weighted by Crippen LogP contribution is -2.01.